The maximum atomic E-state index is 13.2. The fourth-order valence-corrected chi connectivity index (χ4v) is 4.37. The highest BCUT2D eigenvalue weighted by Gasteiger charge is 2.42. The molecular weight excluding hydrogens is 448 g/mol. The van der Waals surface area contributed by atoms with E-state index < -0.39 is 17.9 Å². The fraction of sp³-hybridized carbons (Fsp3) is 0.444. The van der Waals surface area contributed by atoms with Crippen LogP contribution in [0.5, 0.6) is 11.5 Å². The van der Waals surface area contributed by atoms with Gasteiger partial charge in [-0.2, -0.15) is 0 Å². The van der Waals surface area contributed by atoms with Crippen LogP contribution in [0.25, 0.3) is 0 Å². The molecule has 0 aromatic heterocycles. The van der Waals surface area contributed by atoms with Crippen LogP contribution in [0.3, 0.4) is 0 Å². The minimum Gasteiger partial charge on any atom is -0.497 e. The SMILES string of the molecule is CCC(CC)NC(=O)COC(=O)[C@@H]1CCC(=O)N(c2ccc(OC)cc2)[C@@H]1c1ccc(OC)cc1. The minimum atomic E-state index is -0.635. The Labute approximate surface area is 206 Å². The van der Waals surface area contributed by atoms with Crippen molar-refractivity contribution in [2.45, 2.75) is 51.6 Å². The first-order chi connectivity index (χ1) is 16.9. The number of carbonyl (C=O) groups excluding carboxylic acids is 3. The van der Waals surface area contributed by atoms with E-state index in [9.17, 15) is 14.4 Å². The molecule has 8 heteroatoms. The van der Waals surface area contributed by atoms with E-state index in [0.717, 1.165) is 18.4 Å². The second kappa shape index (κ2) is 12.2. The summed E-state index contributed by atoms with van der Waals surface area (Å²) in [6.45, 7) is 3.64. The molecule has 0 spiro atoms. The van der Waals surface area contributed by atoms with Crippen molar-refractivity contribution in [1.29, 1.82) is 0 Å². The van der Waals surface area contributed by atoms with Crippen molar-refractivity contribution in [2.75, 3.05) is 25.7 Å². The minimum absolute atomic E-state index is 0.0473. The summed E-state index contributed by atoms with van der Waals surface area (Å²) in [5, 5.41) is 2.88. The average Bonchev–Trinajstić information content (AvgIpc) is 2.90. The number of nitrogens with zero attached hydrogens (tertiary/aromatic N) is 1. The molecule has 1 N–H and O–H groups in total. The summed E-state index contributed by atoms with van der Waals surface area (Å²) in [4.78, 5) is 40.3. The number of piperidine rings is 1. The topological polar surface area (TPSA) is 94.2 Å². The van der Waals surface area contributed by atoms with Gasteiger partial charge in [0.15, 0.2) is 6.61 Å². The Morgan fingerprint density at radius 1 is 0.971 bits per heavy atom. The van der Waals surface area contributed by atoms with E-state index in [1.54, 1.807) is 55.5 Å². The Bertz CT molecular complexity index is 1000. The van der Waals surface area contributed by atoms with Gasteiger partial charge in [-0.05, 0) is 61.2 Å². The van der Waals surface area contributed by atoms with E-state index in [2.05, 4.69) is 5.32 Å². The van der Waals surface area contributed by atoms with Gasteiger partial charge in [-0.3, -0.25) is 14.4 Å². The van der Waals surface area contributed by atoms with Gasteiger partial charge in [-0.25, -0.2) is 0 Å². The van der Waals surface area contributed by atoms with Crippen molar-refractivity contribution >= 4 is 23.5 Å². The molecule has 2 aromatic rings. The van der Waals surface area contributed by atoms with Gasteiger partial charge in [-0.1, -0.05) is 26.0 Å². The highest BCUT2D eigenvalue weighted by atomic mass is 16.5. The molecule has 188 valence electrons. The van der Waals surface area contributed by atoms with Gasteiger partial charge in [0.2, 0.25) is 5.91 Å². The summed E-state index contributed by atoms with van der Waals surface area (Å²) in [6.07, 6.45) is 2.13. The zero-order chi connectivity index (χ0) is 25.4. The predicted molar refractivity (Wildman–Crippen MR) is 132 cm³/mol. The predicted octanol–water partition coefficient (Wildman–Crippen LogP) is 4.04. The Morgan fingerprint density at radius 2 is 1.54 bits per heavy atom. The zero-order valence-electron chi connectivity index (χ0n) is 20.8. The maximum Gasteiger partial charge on any atom is 0.311 e. The summed E-state index contributed by atoms with van der Waals surface area (Å²) in [7, 11) is 3.16. The Hall–Kier alpha value is -3.55. The lowest BCUT2D eigenvalue weighted by atomic mass is 9.83. The second-order valence-electron chi connectivity index (χ2n) is 8.51. The third kappa shape index (κ3) is 6.32. The molecule has 2 amide bonds. The van der Waals surface area contributed by atoms with E-state index >= 15 is 0 Å². The first-order valence-corrected chi connectivity index (χ1v) is 12.0. The maximum absolute atomic E-state index is 13.2. The van der Waals surface area contributed by atoms with E-state index in [1.807, 2.05) is 26.0 Å². The fourth-order valence-electron chi connectivity index (χ4n) is 4.37. The zero-order valence-corrected chi connectivity index (χ0v) is 20.8. The molecule has 1 fully saturated rings. The molecule has 2 aromatic carbocycles. The summed E-state index contributed by atoms with van der Waals surface area (Å²) >= 11 is 0. The van der Waals surface area contributed by atoms with Crippen molar-refractivity contribution in [1.82, 2.24) is 5.32 Å². The van der Waals surface area contributed by atoms with E-state index in [0.29, 0.717) is 23.6 Å². The van der Waals surface area contributed by atoms with Crippen LogP contribution in [-0.4, -0.2) is 44.7 Å². The van der Waals surface area contributed by atoms with Crippen molar-refractivity contribution in [3.8, 4) is 11.5 Å². The molecule has 0 radical (unpaired) electrons. The number of hydrogen-bond acceptors (Lipinski definition) is 6. The number of rotatable bonds is 10. The second-order valence-corrected chi connectivity index (χ2v) is 8.51. The molecule has 1 aliphatic rings. The van der Waals surface area contributed by atoms with Crippen LogP contribution in [0.15, 0.2) is 48.5 Å². The van der Waals surface area contributed by atoms with Crippen molar-refractivity contribution in [3.63, 3.8) is 0 Å². The monoisotopic (exact) mass is 482 g/mol. The average molecular weight is 483 g/mol. The molecule has 1 aliphatic heterocycles. The van der Waals surface area contributed by atoms with Crippen LogP contribution in [0, 0.1) is 5.92 Å². The molecular formula is C27H34N2O6. The number of nitrogens with one attached hydrogen (secondary N) is 1. The Kier molecular flexibility index (Phi) is 9.11. The first kappa shape index (κ1) is 26.1. The van der Waals surface area contributed by atoms with Crippen molar-refractivity contribution < 1.29 is 28.6 Å². The van der Waals surface area contributed by atoms with Gasteiger partial charge in [-0.15, -0.1) is 0 Å². The number of esters is 1. The van der Waals surface area contributed by atoms with Gasteiger partial charge in [0, 0.05) is 18.2 Å². The van der Waals surface area contributed by atoms with E-state index in [4.69, 9.17) is 14.2 Å². The Balaban J connectivity index is 1.88. The van der Waals surface area contributed by atoms with Gasteiger partial charge in [0.1, 0.15) is 11.5 Å². The molecule has 1 heterocycles. The molecule has 0 saturated carbocycles. The lowest BCUT2D eigenvalue weighted by molar-refractivity contribution is -0.154. The third-order valence-electron chi connectivity index (χ3n) is 6.40. The van der Waals surface area contributed by atoms with Crippen LogP contribution < -0.4 is 19.7 Å². The van der Waals surface area contributed by atoms with Gasteiger partial charge in [0.25, 0.3) is 5.91 Å². The van der Waals surface area contributed by atoms with E-state index in [-0.39, 0.29) is 30.9 Å². The third-order valence-corrected chi connectivity index (χ3v) is 6.40. The van der Waals surface area contributed by atoms with Crippen molar-refractivity contribution in [3.05, 3.63) is 54.1 Å². The van der Waals surface area contributed by atoms with Crippen LogP contribution >= 0.6 is 0 Å². The highest BCUT2D eigenvalue weighted by molar-refractivity contribution is 5.97. The number of anilines is 1. The molecule has 2 atom stereocenters. The normalized spacial score (nSPS) is 17.7. The molecule has 3 rings (SSSR count). The smallest absolute Gasteiger partial charge is 0.311 e. The number of carbonyl (C=O) groups is 3. The highest BCUT2D eigenvalue weighted by Crippen LogP contribution is 2.41. The standard InChI is InChI=1S/C27H34N2O6/c1-5-19(6-2)28-24(30)17-35-27(32)23-15-16-25(31)29(20-9-13-22(34-4)14-10-20)26(23)18-7-11-21(33-3)12-8-18/h7-14,19,23,26H,5-6,15-17H2,1-4H3,(H,28,30)/t23-,26-/m1/s1. The van der Waals surface area contributed by atoms with Gasteiger partial charge >= 0.3 is 5.97 Å². The molecule has 0 aliphatic carbocycles. The molecule has 35 heavy (non-hydrogen) atoms. The van der Waals surface area contributed by atoms with Crippen LogP contribution in [-0.2, 0) is 19.1 Å². The summed E-state index contributed by atoms with van der Waals surface area (Å²) in [6, 6.07) is 13.9. The summed E-state index contributed by atoms with van der Waals surface area (Å²) in [5.74, 6) is -0.221. The summed E-state index contributed by atoms with van der Waals surface area (Å²) < 4.78 is 16.0. The van der Waals surface area contributed by atoms with Crippen LogP contribution in [0.1, 0.15) is 51.1 Å². The molecule has 1 saturated heterocycles. The van der Waals surface area contributed by atoms with Crippen LogP contribution in [0.4, 0.5) is 5.69 Å². The number of methoxy groups -OCH3 is 2. The van der Waals surface area contributed by atoms with Gasteiger partial charge < -0.3 is 24.4 Å². The Morgan fingerprint density at radius 3 is 2.09 bits per heavy atom. The molecule has 8 nitrogen and oxygen atoms in total. The lowest BCUT2D eigenvalue weighted by Crippen LogP contribution is -2.46. The molecule has 0 unspecified atom stereocenters. The number of amides is 2. The number of benzene rings is 2. The molecule has 0 bridgehead atoms. The quantitative estimate of drug-likeness (QED) is 0.514. The first-order valence-electron chi connectivity index (χ1n) is 12.0. The lowest BCUT2D eigenvalue weighted by Gasteiger charge is -2.40. The number of hydrogen-bond donors (Lipinski definition) is 1. The van der Waals surface area contributed by atoms with Gasteiger partial charge in [0.05, 0.1) is 26.2 Å². The number of ether oxygens (including phenoxy) is 3. The van der Waals surface area contributed by atoms with Crippen LogP contribution in [0.2, 0.25) is 0 Å². The summed E-state index contributed by atoms with van der Waals surface area (Å²) in [5.41, 5.74) is 1.43. The van der Waals surface area contributed by atoms with E-state index in [1.165, 1.54) is 0 Å². The van der Waals surface area contributed by atoms with Crippen molar-refractivity contribution in [2.24, 2.45) is 5.92 Å². The largest absolute Gasteiger partial charge is 0.497 e.